The molecule has 0 saturated carbocycles. The van der Waals surface area contributed by atoms with Gasteiger partial charge in [0.25, 0.3) is 0 Å². The summed E-state index contributed by atoms with van der Waals surface area (Å²) in [6.45, 7) is 4.76. The first-order valence-electron chi connectivity index (χ1n) is 8.33. The van der Waals surface area contributed by atoms with Crippen LogP contribution < -0.4 is 5.32 Å². The normalized spacial score (nSPS) is 27.5. The Bertz CT molecular complexity index is 267. The molecule has 1 N–H and O–H groups in total. The Morgan fingerprint density at radius 1 is 1.00 bits per heavy atom. The molecule has 0 aromatic rings. The van der Waals surface area contributed by atoms with E-state index in [0.717, 1.165) is 5.92 Å². The van der Waals surface area contributed by atoms with Gasteiger partial charge >= 0.3 is 0 Å². The lowest BCUT2D eigenvalue weighted by molar-refractivity contribution is 0.448. The van der Waals surface area contributed by atoms with Crippen LogP contribution in [-0.2, 0) is 0 Å². The van der Waals surface area contributed by atoms with Crippen molar-refractivity contribution in [3.8, 4) is 0 Å². The minimum Gasteiger partial charge on any atom is -0.313 e. The number of rotatable bonds is 2. The molecule has 0 fully saturated rings. The van der Waals surface area contributed by atoms with Crippen LogP contribution in [0.25, 0.3) is 0 Å². The zero-order valence-electron chi connectivity index (χ0n) is 12.3. The van der Waals surface area contributed by atoms with Crippen molar-refractivity contribution in [1.82, 2.24) is 5.32 Å². The Balaban J connectivity index is 2.09. The summed E-state index contributed by atoms with van der Waals surface area (Å²) in [5, 5.41) is 3.59. The fourth-order valence-corrected chi connectivity index (χ4v) is 3.77. The molecule has 0 saturated heterocycles. The molecule has 1 unspecified atom stereocenters. The lowest BCUT2D eigenvalue weighted by Gasteiger charge is -2.28. The second kappa shape index (κ2) is 7.99. The van der Waals surface area contributed by atoms with E-state index in [2.05, 4.69) is 12.2 Å². The standard InChI is InChI=1S/C17H31N/c1-2-9-15-10-7-5-3-4-6-8-11-16-14-18-13-12-17(15)16/h15,18H,2-14H2,1H3. The molecule has 2 aliphatic rings. The molecule has 1 heterocycles. The molecule has 0 aromatic heterocycles. The first-order valence-corrected chi connectivity index (χ1v) is 8.33. The number of hydrogen-bond donors (Lipinski definition) is 1. The van der Waals surface area contributed by atoms with Gasteiger partial charge in [-0.1, -0.05) is 56.6 Å². The largest absolute Gasteiger partial charge is 0.313 e. The molecule has 0 aromatic carbocycles. The van der Waals surface area contributed by atoms with Crippen molar-refractivity contribution in [3.05, 3.63) is 11.1 Å². The molecule has 2 rings (SSSR count). The van der Waals surface area contributed by atoms with Crippen LogP contribution >= 0.6 is 0 Å². The number of nitrogens with one attached hydrogen (secondary N) is 1. The summed E-state index contributed by atoms with van der Waals surface area (Å²) < 4.78 is 0. The van der Waals surface area contributed by atoms with Crippen molar-refractivity contribution in [2.75, 3.05) is 13.1 Å². The third-order valence-corrected chi connectivity index (χ3v) is 4.77. The minimum absolute atomic E-state index is 0.921. The molecule has 0 spiro atoms. The summed E-state index contributed by atoms with van der Waals surface area (Å²) in [5.41, 5.74) is 3.67. The molecule has 1 aliphatic heterocycles. The van der Waals surface area contributed by atoms with Crippen LogP contribution in [0.2, 0.25) is 0 Å². The summed E-state index contributed by atoms with van der Waals surface area (Å²) in [7, 11) is 0. The van der Waals surface area contributed by atoms with Crippen LogP contribution in [0, 0.1) is 5.92 Å². The Labute approximate surface area is 113 Å². The average Bonchev–Trinajstić information content (AvgIpc) is 2.44. The van der Waals surface area contributed by atoms with Crippen LogP contribution in [0.1, 0.15) is 77.6 Å². The quantitative estimate of drug-likeness (QED) is 0.691. The predicted molar refractivity (Wildman–Crippen MR) is 79.8 cm³/mol. The van der Waals surface area contributed by atoms with E-state index in [1.165, 1.54) is 83.7 Å². The maximum Gasteiger partial charge on any atom is 0.0167 e. The van der Waals surface area contributed by atoms with Gasteiger partial charge in [-0.15, -0.1) is 0 Å². The van der Waals surface area contributed by atoms with Crippen molar-refractivity contribution in [2.45, 2.75) is 77.6 Å². The first kappa shape index (κ1) is 14.1. The van der Waals surface area contributed by atoms with E-state index in [0.29, 0.717) is 0 Å². The van der Waals surface area contributed by atoms with E-state index in [1.807, 2.05) is 5.57 Å². The van der Waals surface area contributed by atoms with Gasteiger partial charge in [0, 0.05) is 6.54 Å². The summed E-state index contributed by atoms with van der Waals surface area (Å²) in [6, 6.07) is 0. The van der Waals surface area contributed by atoms with E-state index in [-0.39, 0.29) is 0 Å². The van der Waals surface area contributed by atoms with Gasteiger partial charge < -0.3 is 5.32 Å². The number of hydrogen-bond acceptors (Lipinski definition) is 1. The molecule has 104 valence electrons. The molecular weight excluding hydrogens is 218 g/mol. The molecule has 1 heteroatoms. The summed E-state index contributed by atoms with van der Waals surface area (Å²) in [4.78, 5) is 0. The Hall–Kier alpha value is -0.300. The average molecular weight is 249 g/mol. The van der Waals surface area contributed by atoms with Gasteiger partial charge in [0.05, 0.1) is 0 Å². The lowest BCUT2D eigenvalue weighted by Crippen LogP contribution is -2.27. The monoisotopic (exact) mass is 249 g/mol. The van der Waals surface area contributed by atoms with Gasteiger partial charge in [0.2, 0.25) is 0 Å². The second-order valence-electron chi connectivity index (χ2n) is 6.20. The Kier molecular flexibility index (Phi) is 6.26. The van der Waals surface area contributed by atoms with E-state index in [1.54, 1.807) is 5.57 Å². The van der Waals surface area contributed by atoms with E-state index in [9.17, 15) is 0 Å². The lowest BCUT2D eigenvalue weighted by atomic mass is 9.82. The van der Waals surface area contributed by atoms with Crippen LogP contribution in [0.4, 0.5) is 0 Å². The smallest absolute Gasteiger partial charge is 0.0167 e. The van der Waals surface area contributed by atoms with Gasteiger partial charge in [-0.3, -0.25) is 0 Å². The summed E-state index contributed by atoms with van der Waals surface area (Å²) >= 11 is 0. The Morgan fingerprint density at radius 3 is 2.61 bits per heavy atom. The van der Waals surface area contributed by atoms with Crippen LogP contribution in [0.15, 0.2) is 11.1 Å². The van der Waals surface area contributed by atoms with Crippen molar-refractivity contribution in [3.63, 3.8) is 0 Å². The molecule has 0 amide bonds. The summed E-state index contributed by atoms with van der Waals surface area (Å²) in [5.74, 6) is 0.921. The van der Waals surface area contributed by atoms with Crippen LogP contribution in [0.5, 0.6) is 0 Å². The molecule has 18 heavy (non-hydrogen) atoms. The molecule has 0 bridgehead atoms. The zero-order valence-corrected chi connectivity index (χ0v) is 12.3. The van der Waals surface area contributed by atoms with Gasteiger partial charge in [-0.05, 0) is 44.6 Å². The zero-order chi connectivity index (χ0) is 12.6. The molecular formula is C17H31N. The maximum atomic E-state index is 3.59. The van der Waals surface area contributed by atoms with E-state index >= 15 is 0 Å². The highest BCUT2D eigenvalue weighted by atomic mass is 14.9. The van der Waals surface area contributed by atoms with Gasteiger partial charge in [-0.25, -0.2) is 0 Å². The highest BCUT2D eigenvalue weighted by molar-refractivity contribution is 5.21. The van der Waals surface area contributed by atoms with Crippen molar-refractivity contribution >= 4 is 0 Å². The van der Waals surface area contributed by atoms with E-state index < -0.39 is 0 Å². The molecule has 0 radical (unpaired) electrons. The first-order chi connectivity index (χ1) is 8.92. The van der Waals surface area contributed by atoms with Crippen LogP contribution in [0.3, 0.4) is 0 Å². The van der Waals surface area contributed by atoms with Crippen molar-refractivity contribution < 1.29 is 0 Å². The van der Waals surface area contributed by atoms with Gasteiger partial charge in [0.15, 0.2) is 0 Å². The highest BCUT2D eigenvalue weighted by Gasteiger charge is 2.20. The topological polar surface area (TPSA) is 12.0 Å². The molecule has 1 aliphatic carbocycles. The fraction of sp³-hybridized carbons (Fsp3) is 0.882. The van der Waals surface area contributed by atoms with Gasteiger partial charge in [0.1, 0.15) is 0 Å². The fourth-order valence-electron chi connectivity index (χ4n) is 3.77. The second-order valence-corrected chi connectivity index (χ2v) is 6.20. The Morgan fingerprint density at radius 2 is 1.78 bits per heavy atom. The summed E-state index contributed by atoms with van der Waals surface area (Å²) in [6.07, 6.45) is 15.7. The van der Waals surface area contributed by atoms with Crippen molar-refractivity contribution in [1.29, 1.82) is 0 Å². The molecule has 1 atom stereocenters. The van der Waals surface area contributed by atoms with E-state index in [4.69, 9.17) is 0 Å². The van der Waals surface area contributed by atoms with Crippen LogP contribution in [-0.4, -0.2) is 13.1 Å². The predicted octanol–water partition coefficient (Wildman–Crippen LogP) is 4.83. The van der Waals surface area contributed by atoms with Crippen molar-refractivity contribution in [2.24, 2.45) is 5.92 Å². The third kappa shape index (κ3) is 4.12. The van der Waals surface area contributed by atoms with Gasteiger partial charge in [-0.2, -0.15) is 0 Å². The highest BCUT2D eigenvalue weighted by Crippen LogP contribution is 2.32. The third-order valence-electron chi connectivity index (χ3n) is 4.77. The SMILES string of the molecule is CCCC1CCCCCCCCC2=C1CCNC2. The maximum absolute atomic E-state index is 3.59. The minimum atomic E-state index is 0.921. The molecule has 1 nitrogen and oxygen atoms in total.